The number of hydrogen-bond acceptors (Lipinski definition) is 6. The largest absolute Gasteiger partial charge is 0.481 e. The lowest BCUT2D eigenvalue weighted by Gasteiger charge is -2.14. The zero-order valence-corrected chi connectivity index (χ0v) is 17.4. The van der Waals surface area contributed by atoms with E-state index in [1.807, 2.05) is 0 Å². The van der Waals surface area contributed by atoms with Gasteiger partial charge in [0.1, 0.15) is 11.9 Å². The first-order chi connectivity index (χ1) is 15.3. The molecule has 3 amide bonds. The second-order valence-electron chi connectivity index (χ2n) is 6.69. The lowest BCUT2D eigenvalue weighted by Crippen LogP contribution is -2.46. The average molecular weight is 453 g/mol. The van der Waals surface area contributed by atoms with Crippen molar-refractivity contribution in [1.29, 1.82) is 0 Å². The van der Waals surface area contributed by atoms with Gasteiger partial charge in [-0.3, -0.25) is 9.59 Å². The van der Waals surface area contributed by atoms with E-state index in [2.05, 4.69) is 21.1 Å². The molecule has 0 fully saturated rings. The normalized spacial score (nSPS) is 11.5. The van der Waals surface area contributed by atoms with Crippen LogP contribution in [0.25, 0.3) is 0 Å². The summed E-state index contributed by atoms with van der Waals surface area (Å²) in [7, 11) is 0. The van der Waals surface area contributed by atoms with Gasteiger partial charge in [0.2, 0.25) is 0 Å². The zero-order chi connectivity index (χ0) is 23.8. The molecule has 0 aliphatic rings. The maximum absolute atomic E-state index is 12.8. The molecule has 1 aromatic rings. The van der Waals surface area contributed by atoms with Gasteiger partial charge in [0.05, 0.1) is 6.21 Å². The number of carboxylic acid groups (broad SMARTS) is 2. The molecule has 5 N–H and O–H groups in total. The Hall–Kier alpha value is -3.70. The van der Waals surface area contributed by atoms with Crippen molar-refractivity contribution in [1.82, 2.24) is 16.0 Å². The van der Waals surface area contributed by atoms with Gasteiger partial charge in [-0.2, -0.15) is 0 Å². The van der Waals surface area contributed by atoms with Gasteiger partial charge in [0.15, 0.2) is 6.61 Å². The molecule has 0 saturated carbocycles. The van der Waals surface area contributed by atoms with E-state index in [4.69, 9.17) is 15.1 Å². The number of carbonyl (C=O) groups is 4. The second kappa shape index (κ2) is 15.2. The molecule has 0 aliphatic heterocycles. The Labute approximate surface area is 184 Å². The van der Waals surface area contributed by atoms with Crippen molar-refractivity contribution in [2.24, 2.45) is 5.16 Å². The van der Waals surface area contributed by atoms with Gasteiger partial charge in [-0.1, -0.05) is 17.3 Å². The third-order valence-electron chi connectivity index (χ3n) is 4.05. The molecule has 1 atom stereocenters. The first-order valence-electron chi connectivity index (χ1n) is 9.94. The van der Waals surface area contributed by atoms with E-state index in [0.717, 1.165) is 0 Å². The topological polar surface area (TPSA) is 166 Å². The van der Waals surface area contributed by atoms with Crippen LogP contribution in [-0.2, 0) is 19.2 Å². The number of halogens is 1. The quantitative estimate of drug-likeness (QED) is 0.150. The van der Waals surface area contributed by atoms with Crippen LogP contribution in [0.2, 0.25) is 0 Å². The third-order valence-corrected chi connectivity index (χ3v) is 4.05. The second-order valence-corrected chi connectivity index (χ2v) is 6.69. The van der Waals surface area contributed by atoms with Crippen LogP contribution >= 0.6 is 0 Å². The van der Waals surface area contributed by atoms with E-state index in [1.165, 1.54) is 30.5 Å². The van der Waals surface area contributed by atoms with Gasteiger partial charge in [-0.15, -0.1) is 0 Å². The molecule has 1 rings (SSSR count). The Kier molecular flexibility index (Phi) is 12.5. The molecule has 0 radical (unpaired) electrons. The minimum absolute atomic E-state index is 0.209. The number of carbonyl (C=O) groups excluding carboxylic acids is 2. The lowest BCUT2D eigenvalue weighted by atomic mass is 10.1. The highest BCUT2D eigenvalue weighted by molar-refractivity contribution is 5.83. The monoisotopic (exact) mass is 453 g/mol. The summed E-state index contributed by atoms with van der Waals surface area (Å²) in [6.07, 6.45) is 2.75. The van der Waals surface area contributed by atoms with E-state index < -0.39 is 24.0 Å². The minimum atomic E-state index is -1.30. The highest BCUT2D eigenvalue weighted by atomic mass is 18.2. The maximum atomic E-state index is 12.8. The number of nitrogens with zero attached hydrogens (tertiary/aromatic N) is 1. The van der Waals surface area contributed by atoms with E-state index in [-0.39, 0.29) is 31.2 Å². The zero-order valence-electron chi connectivity index (χ0n) is 17.4. The molecule has 0 aromatic heterocycles. The molecule has 12 heteroatoms. The number of nitrogens with one attached hydrogen (secondary N) is 3. The maximum Gasteiger partial charge on any atom is 0.326 e. The summed E-state index contributed by atoms with van der Waals surface area (Å²) in [6.45, 7) is 0.449. The fourth-order valence-corrected chi connectivity index (χ4v) is 2.38. The van der Waals surface area contributed by atoms with Gasteiger partial charge in [-0.05, 0) is 43.4 Å². The number of carboxylic acids is 2. The number of rotatable bonds is 15. The minimum Gasteiger partial charge on any atom is -0.481 e. The van der Waals surface area contributed by atoms with Gasteiger partial charge < -0.3 is 31.0 Å². The SMILES string of the molecule is O=C(O)CCC(NC(=O)NCCCCCNC(=O)CON=Cc1ccc([18F])cc1)C(=O)O. The van der Waals surface area contributed by atoms with Crippen LogP contribution < -0.4 is 16.0 Å². The number of benzene rings is 1. The Morgan fingerprint density at radius 2 is 1.69 bits per heavy atom. The molecule has 32 heavy (non-hydrogen) atoms. The summed E-state index contributed by atoms with van der Waals surface area (Å²) in [5, 5.41) is 28.6. The van der Waals surface area contributed by atoms with E-state index in [9.17, 15) is 23.6 Å². The van der Waals surface area contributed by atoms with Crippen molar-refractivity contribution in [2.45, 2.75) is 38.1 Å². The van der Waals surface area contributed by atoms with Gasteiger partial charge in [0, 0.05) is 19.5 Å². The highest BCUT2D eigenvalue weighted by Crippen LogP contribution is 2.00. The summed E-state index contributed by atoms with van der Waals surface area (Å²) in [5.41, 5.74) is 0.632. The van der Waals surface area contributed by atoms with E-state index in [0.29, 0.717) is 37.9 Å². The summed E-state index contributed by atoms with van der Waals surface area (Å²) in [5.74, 6) is -3.15. The van der Waals surface area contributed by atoms with Crippen LogP contribution in [0.3, 0.4) is 0 Å². The van der Waals surface area contributed by atoms with E-state index >= 15 is 0 Å². The number of amides is 3. The van der Waals surface area contributed by atoms with Gasteiger partial charge in [-0.25, -0.2) is 14.0 Å². The van der Waals surface area contributed by atoms with Crippen molar-refractivity contribution in [3.63, 3.8) is 0 Å². The lowest BCUT2D eigenvalue weighted by molar-refractivity contribution is -0.140. The predicted molar refractivity (Wildman–Crippen MR) is 112 cm³/mol. The summed E-state index contributed by atoms with van der Waals surface area (Å²) in [6, 6.07) is 3.64. The molecule has 1 aromatic carbocycles. The standard InChI is InChI=1S/C20H27FN4O7/c21-15-6-4-14(5-7-15)12-24-32-13-17(26)22-10-2-1-3-11-23-20(31)25-16(19(29)30)8-9-18(27)28/h4-7,12,16H,1-3,8-11,13H2,(H,22,26)(H,27,28)(H,29,30)(H2,23,25,31)/i21-1. The highest BCUT2D eigenvalue weighted by Gasteiger charge is 2.20. The molecule has 11 nitrogen and oxygen atoms in total. The fraction of sp³-hybridized carbons (Fsp3) is 0.450. The van der Waals surface area contributed by atoms with Crippen LogP contribution in [-0.4, -0.2) is 66.0 Å². The molecular weight excluding hydrogens is 426 g/mol. The van der Waals surface area contributed by atoms with Crippen LogP contribution in [0.15, 0.2) is 29.4 Å². The average Bonchev–Trinajstić information content (AvgIpc) is 2.74. The Morgan fingerprint density at radius 1 is 1.03 bits per heavy atom. The smallest absolute Gasteiger partial charge is 0.326 e. The van der Waals surface area contributed by atoms with Crippen LogP contribution in [0, 0.1) is 5.82 Å². The first-order valence-corrected chi connectivity index (χ1v) is 9.94. The van der Waals surface area contributed by atoms with Crippen LogP contribution in [0.5, 0.6) is 0 Å². The predicted octanol–water partition coefficient (Wildman–Crippen LogP) is 1.08. The number of hydrogen-bond donors (Lipinski definition) is 5. The van der Waals surface area contributed by atoms with Crippen molar-refractivity contribution >= 4 is 30.1 Å². The number of oxime groups is 1. The number of aliphatic carboxylic acids is 2. The van der Waals surface area contributed by atoms with Crippen LogP contribution in [0.1, 0.15) is 37.7 Å². The van der Waals surface area contributed by atoms with Crippen LogP contribution in [0.4, 0.5) is 9.18 Å². The first kappa shape index (κ1) is 26.3. The Bertz CT molecular complexity index is 787. The van der Waals surface area contributed by atoms with Crippen molar-refractivity contribution < 1.29 is 38.6 Å². The fourth-order valence-electron chi connectivity index (χ4n) is 2.38. The molecular formula is C20H27FN4O7. The molecule has 0 saturated heterocycles. The molecule has 0 heterocycles. The van der Waals surface area contributed by atoms with Gasteiger partial charge in [0.25, 0.3) is 5.91 Å². The molecule has 0 bridgehead atoms. The summed E-state index contributed by atoms with van der Waals surface area (Å²) in [4.78, 5) is 49.7. The Morgan fingerprint density at radius 3 is 2.31 bits per heavy atom. The Balaban J connectivity index is 2.05. The van der Waals surface area contributed by atoms with Crippen molar-refractivity contribution in [3.8, 4) is 0 Å². The van der Waals surface area contributed by atoms with Crippen molar-refractivity contribution in [3.05, 3.63) is 35.6 Å². The van der Waals surface area contributed by atoms with Crippen molar-refractivity contribution in [2.75, 3.05) is 19.7 Å². The van der Waals surface area contributed by atoms with E-state index in [1.54, 1.807) is 0 Å². The molecule has 0 spiro atoms. The number of urea groups is 1. The molecule has 1 unspecified atom stereocenters. The van der Waals surface area contributed by atoms with Gasteiger partial charge >= 0.3 is 18.0 Å². The summed E-state index contributed by atoms with van der Waals surface area (Å²) >= 11 is 0. The number of unbranched alkanes of at least 4 members (excludes halogenated alkanes) is 2. The third kappa shape index (κ3) is 12.8. The molecule has 0 aliphatic carbocycles. The molecule has 176 valence electrons. The summed E-state index contributed by atoms with van der Waals surface area (Å²) < 4.78 is 12.8.